The normalized spacial score (nSPS) is 15.9. The van der Waals surface area contributed by atoms with Crippen molar-refractivity contribution in [3.8, 4) is 0 Å². The van der Waals surface area contributed by atoms with Crippen LogP contribution < -0.4 is 16.4 Å². The van der Waals surface area contributed by atoms with Crippen molar-refractivity contribution in [3.05, 3.63) is 23.5 Å². The number of nitrogen functional groups attached to an aromatic ring is 1. The highest BCUT2D eigenvalue weighted by molar-refractivity contribution is 6.00. The Morgan fingerprint density at radius 1 is 1.43 bits per heavy atom. The van der Waals surface area contributed by atoms with Gasteiger partial charge in [-0.1, -0.05) is 0 Å². The van der Waals surface area contributed by atoms with E-state index in [1.54, 1.807) is 0 Å². The molecular formula is C14H21FN4O2. The number of carboxylic acids is 1. The van der Waals surface area contributed by atoms with Crippen molar-refractivity contribution in [1.29, 1.82) is 0 Å². The number of benzene rings is 1. The molecule has 0 spiro atoms. The van der Waals surface area contributed by atoms with Crippen molar-refractivity contribution >= 4 is 17.3 Å². The number of piperazine rings is 1. The second-order valence-corrected chi connectivity index (χ2v) is 5.06. The molecule has 0 atom stereocenters. The summed E-state index contributed by atoms with van der Waals surface area (Å²) in [7, 11) is 0. The molecule has 0 radical (unpaired) electrons. The van der Waals surface area contributed by atoms with Crippen LogP contribution in [0.1, 0.15) is 16.8 Å². The third-order valence-corrected chi connectivity index (χ3v) is 3.58. The molecule has 0 saturated carbocycles. The van der Waals surface area contributed by atoms with Crippen molar-refractivity contribution in [2.75, 3.05) is 50.3 Å². The van der Waals surface area contributed by atoms with Gasteiger partial charge in [-0.3, -0.25) is 0 Å². The highest BCUT2D eigenvalue weighted by Crippen LogP contribution is 2.25. The van der Waals surface area contributed by atoms with Crippen LogP contribution >= 0.6 is 0 Å². The molecule has 6 nitrogen and oxygen atoms in total. The minimum Gasteiger partial charge on any atom is -0.478 e. The van der Waals surface area contributed by atoms with Gasteiger partial charge in [-0.25, -0.2) is 9.18 Å². The number of carboxylic acid groups (broad SMARTS) is 1. The first-order valence-corrected chi connectivity index (χ1v) is 7.08. The number of nitrogens with zero attached hydrogens (tertiary/aromatic N) is 1. The van der Waals surface area contributed by atoms with E-state index < -0.39 is 11.8 Å². The zero-order valence-electron chi connectivity index (χ0n) is 11.9. The van der Waals surface area contributed by atoms with Crippen molar-refractivity contribution < 1.29 is 14.3 Å². The van der Waals surface area contributed by atoms with E-state index in [2.05, 4.69) is 15.5 Å². The molecule has 1 aromatic carbocycles. The Bertz CT molecular complexity index is 504. The van der Waals surface area contributed by atoms with E-state index in [1.165, 1.54) is 12.1 Å². The molecule has 7 heteroatoms. The van der Waals surface area contributed by atoms with E-state index in [1.807, 2.05) is 0 Å². The van der Waals surface area contributed by atoms with Crippen LogP contribution in [0.15, 0.2) is 12.1 Å². The number of nitrogens with two attached hydrogens (primary N) is 1. The molecule has 116 valence electrons. The zero-order chi connectivity index (χ0) is 15.2. The van der Waals surface area contributed by atoms with Crippen LogP contribution in [0.25, 0.3) is 0 Å². The Morgan fingerprint density at radius 3 is 2.81 bits per heavy atom. The van der Waals surface area contributed by atoms with Gasteiger partial charge in [0.05, 0.1) is 11.4 Å². The lowest BCUT2D eigenvalue weighted by molar-refractivity contribution is 0.0698. The van der Waals surface area contributed by atoms with Crippen LogP contribution in [0, 0.1) is 5.82 Å². The maximum Gasteiger partial charge on any atom is 0.340 e. The third kappa shape index (κ3) is 4.05. The number of rotatable bonds is 6. The lowest BCUT2D eigenvalue weighted by Crippen LogP contribution is -2.44. The average molecular weight is 296 g/mol. The van der Waals surface area contributed by atoms with E-state index in [9.17, 15) is 9.18 Å². The molecule has 0 unspecified atom stereocenters. The molecule has 5 N–H and O–H groups in total. The molecule has 0 bridgehead atoms. The predicted molar refractivity (Wildman–Crippen MR) is 80.2 cm³/mol. The SMILES string of the molecule is Nc1c(F)ccc(NCCCN2CCNCC2)c1C(=O)O. The lowest BCUT2D eigenvalue weighted by Gasteiger charge is -2.27. The fourth-order valence-corrected chi connectivity index (χ4v) is 2.43. The first-order chi connectivity index (χ1) is 10.1. The monoisotopic (exact) mass is 296 g/mol. The van der Waals surface area contributed by atoms with Crippen LogP contribution in [-0.4, -0.2) is 55.2 Å². The summed E-state index contributed by atoms with van der Waals surface area (Å²) in [5.74, 6) is -1.93. The molecule has 1 aliphatic rings. The van der Waals surface area contributed by atoms with Crippen molar-refractivity contribution in [2.45, 2.75) is 6.42 Å². The van der Waals surface area contributed by atoms with E-state index >= 15 is 0 Å². The number of halogens is 1. The van der Waals surface area contributed by atoms with Gasteiger partial charge >= 0.3 is 5.97 Å². The summed E-state index contributed by atoms with van der Waals surface area (Å²) in [4.78, 5) is 13.5. The topological polar surface area (TPSA) is 90.6 Å². The summed E-state index contributed by atoms with van der Waals surface area (Å²) in [6.07, 6.45) is 0.885. The maximum atomic E-state index is 13.3. The number of hydrogen-bond acceptors (Lipinski definition) is 5. The van der Waals surface area contributed by atoms with Gasteiger partial charge in [0.1, 0.15) is 11.4 Å². The van der Waals surface area contributed by atoms with Gasteiger partial charge in [0.15, 0.2) is 0 Å². The number of aromatic carboxylic acids is 1. The van der Waals surface area contributed by atoms with Gasteiger partial charge in [0.25, 0.3) is 0 Å². The smallest absolute Gasteiger partial charge is 0.340 e. The predicted octanol–water partition coefficient (Wildman–Crippen LogP) is 0.813. The minimum atomic E-state index is -1.23. The molecular weight excluding hydrogens is 275 g/mol. The number of nitrogens with one attached hydrogen (secondary N) is 2. The van der Waals surface area contributed by atoms with E-state index in [0.717, 1.165) is 39.1 Å². The molecule has 1 aliphatic heterocycles. The molecule has 21 heavy (non-hydrogen) atoms. The van der Waals surface area contributed by atoms with E-state index in [-0.39, 0.29) is 11.3 Å². The first kappa shape index (κ1) is 15.5. The minimum absolute atomic E-state index is 0.197. The Balaban J connectivity index is 1.88. The number of hydrogen-bond donors (Lipinski definition) is 4. The Morgan fingerprint density at radius 2 is 2.14 bits per heavy atom. The molecule has 2 rings (SSSR count). The molecule has 0 amide bonds. The van der Waals surface area contributed by atoms with Gasteiger partial charge < -0.3 is 26.4 Å². The quantitative estimate of drug-likeness (QED) is 0.459. The number of carbonyl (C=O) groups is 1. The highest BCUT2D eigenvalue weighted by atomic mass is 19.1. The summed E-state index contributed by atoms with van der Waals surface area (Å²) in [5.41, 5.74) is 5.34. The van der Waals surface area contributed by atoms with Crippen LogP contribution in [-0.2, 0) is 0 Å². The van der Waals surface area contributed by atoms with E-state index in [0.29, 0.717) is 12.2 Å². The second-order valence-electron chi connectivity index (χ2n) is 5.06. The van der Waals surface area contributed by atoms with Gasteiger partial charge in [0, 0.05) is 32.7 Å². The van der Waals surface area contributed by atoms with Crippen LogP contribution in [0.4, 0.5) is 15.8 Å². The van der Waals surface area contributed by atoms with Gasteiger partial charge in [0.2, 0.25) is 0 Å². The fraction of sp³-hybridized carbons (Fsp3) is 0.500. The molecule has 0 aromatic heterocycles. The fourth-order valence-electron chi connectivity index (χ4n) is 2.43. The lowest BCUT2D eigenvalue weighted by atomic mass is 10.1. The summed E-state index contributed by atoms with van der Waals surface area (Å²) in [5, 5.41) is 15.5. The van der Waals surface area contributed by atoms with Crippen LogP contribution in [0.2, 0.25) is 0 Å². The summed E-state index contributed by atoms with van der Waals surface area (Å²) < 4.78 is 13.3. The second kappa shape index (κ2) is 7.24. The third-order valence-electron chi connectivity index (χ3n) is 3.58. The van der Waals surface area contributed by atoms with Crippen molar-refractivity contribution in [1.82, 2.24) is 10.2 Å². The molecule has 1 aromatic rings. The largest absolute Gasteiger partial charge is 0.478 e. The van der Waals surface area contributed by atoms with E-state index in [4.69, 9.17) is 10.8 Å². The Labute approximate surface area is 123 Å². The van der Waals surface area contributed by atoms with Crippen LogP contribution in [0.5, 0.6) is 0 Å². The summed E-state index contributed by atoms with van der Waals surface area (Å²) in [6.45, 7) is 5.65. The number of anilines is 2. The molecule has 1 fully saturated rings. The van der Waals surface area contributed by atoms with Crippen molar-refractivity contribution in [3.63, 3.8) is 0 Å². The molecule has 0 aliphatic carbocycles. The Hall–Kier alpha value is -1.86. The maximum absolute atomic E-state index is 13.3. The molecule has 1 heterocycles. The van der Waals surface area contributed by atoms with Crippen molar-refractivity contribution in [2.24, 2.45) is 0 Å². The Kier molecular flexibility index (Phi) is 5.35. The standard InChI is InChI=1S/C14H21FN4O2/c15-10-2-3-11(12(13(10)16)14(20)21)18-4-1-7-19-8-5-17-6-9-19/h2-3,17-18H,1,4-9,16H2,(H,20,21). The summed E-state index contributed by atoms with van der Waals surface area (Å²) in [6, 6.07) is 2.60. The average Bonchev–Trinajstić information content (AvgIpc) is 2.48. The van der Waals surface area contributed by atoms with Gasteiger partial charge in [-0.15, -0.1) is 0 Å². The zero-order valence-corrected chi connectivity index (χ0v) is 11.9. The van der Waals surface area contributed by atoms with Gasteiger partial charge in [-0.2, -0.15) is 0 Å². The first-order valence-electron chi connectivity index (χ1n) is 7.08. The highest BCUT2D eigenvalue weighted by Gasteiger charge is 2.17. The molecule has 1 saturated heterocycles. The van der Waals surface area contributed by atoms with Gasteiger partial charge in [-0.05, 0) is 25.1 Å². The van der Waals surface area contributed by atoms with Crippen LogP contribution in [0.3, 0.4) is 0 Å². The summed E-state index contributed by atoms with van der Waals surface area (Å²) >= 11 is 0.